The second kappa shape index (κ2) is 8.46. The molecule has 1 fully saturated rings. The first-order chi connectivity index (χ1) is 11.2. The van der Waals surface area contributed by atoms with Crippen LogP contribution >= 0.6 is 24.0 Å². The lowest BCUT2D eigenvalue weighted by atomic mass is 10.2. The Morgan fingerprint density at radius 1 is 1.38 bits per heavy atom. The van der Waals surface area contributed by atoms with E-state index in [0.717, 1.165) is 24.9 Å². The van der Waals surface area contributed by atoms with Crippen molar-refractivity contribution in [2.45, 2.75) is 31.7 Å². The maximum Gasteiger partial charge on any atom is 0.227 e. The van der Waals surface area contributed by atoms with Crippen LogP contribution in [0.3, 0.4) is 0 Å². The average Bonchev–Trinajstić information content (AvgIpc) is 3.22. The number of hydrogen-bond donors (Lipinski definition) is 1. The van der Waals surface area contributed by atoms with Gasteiger partial charge in [-0.1, -0.05) is 16.8 Å². The summed E-state index contributed by atoms with van der Waals surface area (Å²) in [5.74, 6) is 1.07. The molecule has 3 rings (SSSR count). The Morgan fingerprint density at radius 3 is 2.83 bits per heavy atom. The fourth-order valence-electron chi connectivity index (χ4n) is 2.84. The number of carbonyl (C=O) groups excluding carboxylic acids is 1. The van der Waals surface area contributed by atoms with Gasteiger partial charge >= 0.3 is 0 Å². The highest BCUT2D eigenvalue weighted by Gasteiger charge is 2.27. The first-order valence-electron chi connectivity index (χ1n) is 7.75. The van der Waals surface area contributed by atoms with Crippen LogP contribution in [-0.4, -0.2) is 40.1 Å². The molecule has 1 aromatic carbocycles. The van der Waals surface area contributed by atoms with Crippen molar-refractivity contribution in [3.8, 4) is 11.4 Å². The van der Waals surface area contributed by atoms with E-state index in [1.807, 2.05) is 17.0 Å². The van der Waals surface area contributed by atoms with Gasteiger partial charge in [-0.3, -0.25) is 4.79 Å². The van der Waals surface area contributed by atoms with E-state index in [9.17, 15) is 4.79 Å². The number of amides is 1. The van der Waals surface area contributed by atoms with E-state index in [4.69, 9.17) is 21.9 Å². The third kappa shape index (κ3) is 4.26. The minimum absolute atomic E-state index is 0. The summed E-state index contributed by atoms with van der Waals surface area (Å²) < 4.78 is 5.23. The van der Waals surface area contributed by atoms with Crippen LogP contribution in [0.25, 0.3) is 11.4 Å². The van der Waals surface area contributed by atoms with E-state index < -0.39 is 0 Å². The summed E-state index contributed by atoms with van der Waals surface area (Å²) in [6.45, 7) is 1.31. The molecule has 2 N–H and O–H groups in total. The third-order valence-corrected chi connectivity index (χ3v) is 4.34. The zero-order chi connectivity index (χ0) is 16.2. The summed E-state index contributed by atoms with van der Waals surface area (Å²) in [7, 11) is 0. The Hall–Kier alpha value is -1.63. The Bertz CT molecular complexity index is 675. The minimum atomic E-state index is 0. The van der Waals surface area contributed by atoms with Crippen molar-refractivity contribution in [3.63, 3.8) is 0 Å². The SMILES string of the molecule is Cl.NCC1CCCN1C(=O)CCc1nc(-c2ccc(Cl)cc2)no1. The van der Waals surface area contributed by atoms with Gasteiger partial charge in [0.1, 0.15) is 0 Å². The lowest BCUT2D eigenvalue weighted by Crippen LogP contribution is -2.40. The summed E-state index contributed by atoms with van der Waals surface area (Å²) in [4.78, 5) is 18.5. The van der Waals surface area contributed by atoms with Gasteiger partial charge in [0.15, 0.2) is 0 Å². The standard InChI is InChI=1S/C16H19ClN4O2.ClH/c17-12-5-3-11(4-6-12)16-19-14(23-20-16)7-8-15(22)21-9-1-2-13(21)10-18;/h3-6,13H,1-2,7-10,18H2;1H. The number of aryl methyl sites for hydroxylation is 1. The number of nitrogens with zero attached hydrogens (tertiary/aromatic N) is 3. The molecule has 1 atom stereocenters. The first-order valence-corrected chi connectivity index (χ1v) is 8.13. The van der Waals surface area contributed by atoms with Gasteiger partial charge in [-0.05, 0) is 37.1 Å². The van der Waals surface area contributed by atoms with Crippen LogP contribution < -0.4 is 5.73 Å². The Labute approximate surface area is 151 Å². The number of aromatic nitrogens is 2. The largest absolute Gasteiger partial charge is 0.339 e. The number of likely N-dealkylation sites (tertiary alicyclic amines) is 1. The number of hydrogen-bond acceptors (Lipinski definition) is 5. The second-order valence-corrected chi connectivity index (χ2v) is 6.07. The molecule has 0 bridgehead atoms. The molecule has 0 spiro atoms. The highest BCUT2D eigenvalue weighted by Crippen LogP contribution is 2.20. The molecule has 0 saturated carbocycles. The van der Waals surface area contributed by atoms with Gasteiger partial charge in [0, 0.05) is 42.6 Å². The van der Waals surface area contributed by atoms with E-state index in [1.54, 1.807) is 12.1 Å². The number of benzene rings is 1. The molecule has 24 heavy (non-hydrogen) atoms. The fourth-order valence-corrected chi connectivity index (χ4v) is 2.97. The molecule has 2 heterocycles. The molecule has 8 heteroatoms. The monoisotopic (exact) mass is 370 g/mol. The summed E-state index contributed by atoms with van der Waals surface area (Å²) >= 11 is 5.86. The van der Waals surface area contributed by atoms with Gasteiger partial charge in [0.2, 0.25) is 17.6 Å². The van der Waals surface area contributed by atoms with E-state index in [1.165, 1.54) is 0 Å². The normalized spacial score (nSPS) is 16.9. The molecule has 1 amide bonds. The van der Waals surface area contributed by atoms with Gasteiger partial charge in [0.25, 0.3) is 0 Å². The van der Waals surface area contributed by atoms with Gasteiger partial charge < -0.3 is 15.2 Å². The smallest absolute Gasteiger partial charge is 0.227 e. The molecule has 1 saturated heterocycles. The van der Waals surface area contributed by atoms with Gasteiger partial charge in [-0.15, -0.1) is 12.4 Å². The highest BCUT2D eigenvalue weighted by molar-refractivity contribution is 6.30. The molecule has 2 aromatic rings. The summed E-state index contributed by atoms with van der Waals surface area (Å²) in [5.41, 5.74) is 6.54. The number of rotatable bonds is 5. The van der Waals surface area contributed by atoms with Crippen LogP contribution in [0, 0.1) is 0 Å². The van der Waals surface area contributed by atoms with Crippen LogP contribution in [0.2, 0.25) is 5.02 Å². The second-order valence-electron chi connectivity index (χ2n) is 5.64. The van der Waals surface area contributed by atoms with Crippen molar-refractivity contribution in [1.29, 1.82) is 0 Å². The maximum atomic E-state index is 12.3. The molecule has 130 valence electrons. The van der Waals surface area contributed by atoms with Crippen LogP contribution in [0.4, 0.5) is 0 Å². The molecule has 6 nitrogen and oxygen atoms in total. The number of carbonyl (C=O) groups is 1. The number of halogens is 2. The quantitative estimate of drug-likeness (QED) is 0.874. The minimum Gasteiger partial charge on any atom is -0.339 e. The van der Waals surface area contributed by atoms with Crippen molar-refractivity contribution in [2.24, 2.45) is 5.73 Å². The molecular weight excluding hydrogens is 351 g/mol. The maximum absolute atomic E-state index is 12.3. The molecule has 1 aromatic heterocycles. The average molecular weight is 371 g/mol. The zero-order valence-electron chi connectivity index (χ0n) is 13.2. The third-order valence-electron chi connectivity index (χ3n) is 4.09. The zero-order valence-corrected chi connectivity index (χ0v) is 14.7. The molecular formula is C16H20Cl2N4O2. The molecule has 1 aliphatic heterocycles. The van der Waals surface area contributed by atoms with Crippen molar-refractivity contribution < 1.29 is 9.32 Å². The van der Waals surface area contributed by atoms with Crippen molar-refractivity contribution in [3.05, 3.63) is 35.2 Å². The van der Waals surface area contributed by atoms with E-state index >= 15 is 0 Å². The predicted molar refractivity (Wildman–Crippen MR) is 94.1 cm³/mol. The van der Waals surface area contributed by atoms with Gasteiger partial charge in [-0.2, -0.15) is 4.98 Å². The number of nitrogens with two attached hydrogens (primary N) is 1. The van der Waals surface area contributed by atoms with Crippen molar-refractivity contribution >= 4 is 29.9 Å². The molecule has 1 unspecified atom stereocenters. The Balaban J connectivity index is 0.00000208. The molecule has 1 aliphatic rings. The predicted octanol–water partition coefficient (Wildman–Crippen LogP) is 2.69. The van der Waals surface area contributed by atoms with E-state index in [-0.39, 0.29) is 24.4 Å². The van der Waals surface area contributed by atoms with E-state index in [0.29, 0.717) is 36.1 Å². The first kappa shape index (κ1) is 18.7. The Kier molecular flexibility index (Phi) is 6.60. The van der Waals surface area contributed by atoms with Gasteiger partial charge in [0.05, 0.1) is 0 Å². The summed E-state index contributed by atoms with van der Waals surface area (Å²) in [5, 5.41) is 4.60. The van der Waals surface area contributed by atoms with E-state index in [2.05, 4.69) is 10.1 Å². The van der Waals surface area contributed by atoms with Crippen LogP contribution in [0.1, 0.15) is 25.2 Å². The fraction of sp³-hybridized carbons (Fsp3) is 0.438. The van der Waals surface area contributed by atoms with Crippen LogP contribution in [0.5, 0.6) is 0 Å². The summed E-state index contributed by atoms with van der Waals surface area (Å²) in [6, 6.07) is 7.39. The lowest BCUT2D eigenvalue weighted by molar-refractivity contribution is -0.131. The topological polar surface area (TPSA) is 85.2 Å². The lowest BCUT2D eigenvalue weighted by Gasteiger charge is -2.23. The van der Waals surface area contributed by atoms with Crippen molar-refractivity contribution in [1.82, 2.24) is 15.0 Å². The Morgan fingerprint density at radius 2 is 2.12 bits per heavy atom. The van der Waals surface area contributed by atoms with Crippen LogP contribution in [0.15, 0.2) is 28.8 Å². The highest BCUT2D eigenvalue weighted by atomic mass is 35.5. The van der Waals surface area contributed by atoms with Gasteiger partial charge in [-0.25, -0.2) is 0 Å². The summed E-state index contributed by atoms with van der Waals surface area (Å²) in [6.07, 6.45) is 2.81. The van der Waals surface area contributed by atoms with Crippen molar-refractivity contribution in [2.75, 3.05) is 13.1 Å². The molecule has 0 aliphatic carbocycles. The molecule has 0 radical (unpaired) electrons. The van der Waals surface area contributed by atoms with Crippen LogP contribution in [-0.2, 0) is 11.2 Å².